The SMILES string of the molecule is O=C1NC(=O)C(=Cc2ccnc(N3CCC(CNCc4cccnc4-c4cccc5cnccc45)CC3)n2)S1. The van der Waals surface area contributed by atoms with Crippen molar-refractivity contribution in [3.8, 4) is 11.3 Å². The summed E-state index contributed by atoms with van der Waals surface area (Å²) in [7, 11) is 0. The number of carbonyl (C=O) groups excluding carboxylic acids is 2. The predicted octanol–water partition coefficient (Wildman–Crippen LogP) is 4.42. The van der Waals surface area contributed by atoms with Crippen molar-refractivity contribution in [1.82, 2.24) is 30.6 Å². The number of aromatic nitrogens is 4. The average molecular weight is 538 g/mol. The number of hydrogen-bond acceptors (Lipinski definition) is 9. The molecule has 0 bridgehead atoms. The summed E-state index contributed by atoms with van der Waals surface area (Å²) in [5, 5.41) is 7.83. The highest BCUT2D eigenvalue weighted by atomic mass is 32.2. The number of fused-ring (bicyclic) bond motifs is 1. The normalized spacial score (nSPS) is 17.2. The van der Waals surface area contributed by atoms with Gasteiger partial charge in [0.2, 0.25) is 5.95 Å². The second kappa shape index (κ2) is 11.3. The van der Waals surface area contributed by atoms with Crippen molar-refractivity contribution in [2.24, 2.45) is 5.92 Å². The summed E-state index contributed by atoms with van der Waals surface area (Å²) >= 11 is 0.890. The fraction of sp³-hybridized carbons (Fsp3) is 0.241. The summed E-state index contributed by atoms with van der Waals surface area (Å²) in [4.78, 5) is 43.8. The molecule has 10 heteroatoms. The van der Waals surface area contributed by atoms with E-state index in [0.29, 0.717) is 22.5 Å². The minimum absolute atomic E-state index is 0.351. The van der Waals surface area contributed by atoms with Crippen LogP contribution in [0.2, 0.25) is 0 Å². The molecular weight excluding hydrogens is 510 g/mol. The van der Waals surface area contributed by atoms with Crippen LogP contribution in [0.4, 0.5) is 10.7 Å². The van der Waals surface area contributed by atoms with E-state index in [0.717, 1.165) is 72.8 Å². The highest BCUT2D eigenvalue weighted by molar-refractivity contribution is 8.18. The third kappa shape index (κ3) is 5.67. The number of hydrogen-bond donors (Lipinski definition) is 2. The third-order valence-electron chi connectivity index (χ3n) is 7.06. The molecule has 5 heterocycles. The zero-order valence-corrected chi connectivity index (χ0v) is 22.0. The van der Waals surface area contributed by atoms with Crippen LogP contribution in [0.25, 0.3) is 28.1 Å². The number of nitrogens with one attached hydrogen (secondary N) is 2. The molecule has 4 aromatic rings. The molecule has 0 saturated carbocycles. The van der Waals surface area contributed by atoms with Gasteiger partial charge in [0.1, 0.15) is 0 Å². The summed E-state index contributed by atoms with van der Waals surface area (Å²) in [5.74, 6) is 0.821. The Morgan fingerprint density at radius 1 is 1.03 bits per heavy atom. The molecule has 39 heavy (non-hydrogen) atoms. The highest BCUT2D eigenvalue weighted by Gasteiger charge is 2.26. The number of nitrogens with zero attached hydrogens (tertiary/aromatic N) is 5. The van der Waals surface area contributed by atoms with Gasteiger partial charge in [-0.15, -0.1) is 0 Å². The Morgan fingerprint density at radius 3 is 2.77 bits per heavy atom. The van der Waals surface area contributed by atoms with Crippen molar-refractivity contribution in [2.75, 3.05) is 24.5 Å². The molecule has 0 spiro atoms. The van der Waals surface area contributed by atoms with Gasteiger partial charge >= 0.3 is 0 Å². The molecule has 0 radical (unpaired) electrons. The van der Waals surface area contributed by atoms with Crippen LogP contribution in [0.5, 0.6) is 0 Å². The minimum atomic E-state index is -0.383. The molecule has 1 aromatic carbocycles. The molecule has 2 amide bonds. The number of piperidine rings is 1. The van der Waals surface area contributed by atoms with Gasteiger partial charge < -0.3 is 10.2 Å². The summed E-state index contributed by atoms with van der Waals surface area (Å²) in [6.07, 6.45) is 11.0. The van der Waals surface area contributed by atoms with E-state index in [-0.39, 0.29) is 11.1 Å². The van der Waals surface area contributed by atoms with Crippen LogP contribution in [-0.4, -0.2) is 50.7 Å². The molecular formula is C29H27N7O2S. The van der Waals surface area contributed by atoms with E-state index in [1.807, 2.05) is 30.7 Å². The Labute approximate surface area is 230 Å². The molecule has 2 fully saturated rings. The van der Waals surface area contributed by atoms with Gasteiger partial charge in [0.05, 0.1) is 16.3 Å². The number of pyridine rings is 2. The lowest BCUT2D eigenvalue weighted by molar-refractivity contribution is -0.115. The van der Waals surface area contributed by atoms with E-state index < -0.39 is 0 Å². The first-order chi connectivity index (χ1) is 19.1. The predicted molar refractivity (Wildman–Crippen MR) is 153 cm³/mol. The number of amides is 2. The van der Waals surface area contributed by atoms with Crippen molar-refractivity contribution >= 4 is 45.7 Å². The van der Waals surface area contributed by atoms with Gasteiger partial charge in [0, 0.05) is 55.4 Å². The van der Waals surface area contributed by atoms with E-state index >= 15 is 0 Å². The second-order valence-electron chi connectivity index (χ2n) is 9.61. The molecule has 0 atom stereocenters. The van der Waals surface area contributed by atoms with Crippen LogP contribution in [0.3, 0.4) is 0 Å². The molecule has 3 aromatic heterocycles. The van der Waals surface area contributed by atoms with Crippen molar-refractivity contribution < 1.29 is 9.59 Å². The number of imide groups is 1. The smallest absolute Gasteiger partial charge is 0.290 e. The Balaban J connectivity index is 1.05. The van der Waals surface area contributed by atoms with Gasteiger partial charge in [-0.05, 0) is 72.3 Å². The lowest BCUT2D eigenvalue weighted by Crippen LogP contribution is -2.38. The number of benzene rings is 1. The number of rotatable bonds is 7. The lowest BCUT2D eigenvalue weighted by atomic mass is 9.96. The zero-order valence-electron chi connectivity index (χ0n) is 21.2. The van der Waals surface area contributed by atoms with Crippen LogP contribution >= 0.6 is 11.8 Å². The van der Waals surface area contributed by atoms with Gasteiger partial charge in [-0.25, -0.2) is 9.97 Å². The standard InChI is InChI=1S/C29H27N7O2S/c37-27-25(39-29(38)35-27)15-22-6-12-33-28(34-22)36-13-8-19(9-14-36)16-31-18-21-4-2-10-32-26(21)24-5-1-3-20-17-30-11-7-23(20)24/h1-7,10-12,15,17,19,31H,8-9,13-14,16,18H2,(H,35,37,38). The van der Waals surface area contributed by atoms with Gasteiger partial charge in [-0.1, -0.05) is 24.3 Å². The largest absolute Gasteiger partial charge is 0.341 e. The zero-order chi connectivity index (χ0) is 26.6. The highest BCUT2D eigenvalue weighted by Crippen LogP contribution is 2.29. The molecule has 196 valence electrons. The number of carbonyl (C=O) groups is 2. The fourth-order valence-corrected chi connectivity index (χ4v) is 5.72. The maximum Gasteiger partial charge on any atom is 0.290 e. The maximum absolute atomic E-state index is 11.8. The van der Waals surface area contributed by atoms with Crippen LogP contribution in [0.15, 0.2) is 72.2 Å². The van der Waals surface area contributed by atoms with E-state index in [9.17, 15) is 9.59 Å². The first kappa shape index (κ1) is 25.1. The van der Waals surface area contributed by atoms with E-state index in [2.05, 4.69) is 54.8 Å². The van der Waals surface area contributed by atoms with Gasteiger partial charge in [0.15, 0.2) is 0 Å². The van der Waals surface area contributed by atoms with E-state index in [1.165, 1.54) is 5.56 Å². The summed E-state index contributed by atoms with van der Waals surface area (Å²) in [6.45, 7) is 3.40. The van der Waals surface area contributed by atoms with E-state index in [1.54, 1.807) is 18.3 Å². The number of thioether (sulfide) groups is 1. The van der Waals surface area contributed by atoms with Crippen LogP contribution < -0.4 is 15.5 Å². The van der Waals surface area contributed by atoms with Crippen molar-refractivity contribution in [1.29, 1.82) is 0 Å². The first-order valence-electron chi connectivity index (χ1n) is 12.9. The Morgan fingerprint density at radius 2 is 1.92 bits per heavy atom. The molecule has 2 saturated heterocycles. The van der Waals surface area contributed by atoms with Crippen LogP contribution in [-0.2, 0) is 11.3 Å². The van der Waals surface area contributed by atoms with Gasteiger partial charge in [-0.2, -0.15) is 0 Å². The quantitative estimate of drug-likeness (QED) is 0.331. The summed E-state index contributed by atoms with van der Waals surface area (Å²) in [6, 6.07) is 14.2. The fourth-order valence-electron chi connectivity index (χ4n) is 5.05. The van der Waals surface area contributed by atoms with Crippen molar-refractivity contribution in [3.05, 3.63) is 83.4 Å². The Bertz CT molecular complexity index is 1560. The second-order valence-corrected chi connectivity index (χ2v) is 10.6. The first-order valence-corrected chi connectivity index (χ1v) is 13.8. The van der Waals surface area contributed by atoms with E-state index in [4.69, 9.17) is 4.98 Å². The minimum Gasteiger partial charge on any atom is -0.341 e. The number of anilines is 1. The molecule has 0 aliphatic carbocycles. The summed E-state index contributed by atoms with van der Waals surface area (Å²) < 4.78 is 0. The summed E-state index contributed by atoms with van der Waals surface area (Å²) in [5.41, 5.74) is 3.92. The molecule has 2 aliphatic rings. The molecule has 2 aliphatic heterocycles. The van der Waals surface area contributed by atoms with Crippen LogP contribution in [0, 0.1) is 5.92 Å². The van der Waals surface area contributed by atoms with Gasteiger partial charge in [0.25, 0.3) is 11.1 Å². The molecule has 2 N–H and O–H groups in total. The monoisotopic (exact) mass is 537 g/mol. The third-order valence-corrected chi connectivity index (χ3v) is 7.87. The van der Waals surface area contributed by atoms with Crippen LogP contribution in [0.1, 0.15) is 24.1 Å². The Kier molecular flexibility index (Phi) is 7.29. The Hall–Kier alpha value is -4.15. The van der Waals surface area contributed by atoms with Crippen molar-refractivity contribution in [3.63, 3.8) is 0 Å². The topological polar surface area (TPSA) is 113 Å². The molecule has 6 rings (SSSR count). The molecule has 9 nitrogen and oxygen atoms in total. The van der Waals surface area contributed by atoms with Gasteiger partial charge in [-0.3, -0.25) is 24.9 Å². The molecule has 0 unspecified atom stereocenters. The average Bonchev–Trinajstić information content (AvgIpc) is 3.29. The maximum atomic E-state index is 11.8. The lowest BCUT2D eigenvalue weighted by Gasteiger charge is -2.32. The van der Waals surface area contributed by atoms with Crippen molar-refractivity contribution in [2.45, 2.75) is 19.4 Å².